The second-order valence-electron chi connectivity index (χ2n) is 5.24. The van der Waals surface area contributed by atoms with E-state index in [2.05, 4.69) is 0 Å². The van der Waals surface area contributed by atoms with Crippen molar-refractivity contribution in [2.75, 3.05) is 0 Å². The number of carbonyl (C=O) groups is 2. The van der Waals surface area contributed by atoms with Crippen LogP contribution in [0.3, 0.4) is 0 Å². The van der Waals surface area contributed by atoms with Crippen molar-refractivity contribution in [2.45, 2.75) is 25.9 Å². The van der Waals surface area contributed by atoms with E-state index >= 15 is 0 Å². The summed E-state index contributed by atoms with van der Waals surface area (Å²) in [6.07, 6.45) is 1.31. The van der Waals surface area contributed by atoms with Gasteiger partial charge >= 0.3 is 0 Å². The first-order valence-electron chi connectivity index (χ1n) is 7.42. The van der Waals surface area contributed by atoms with Crippen LogP contribution in [0, 0.1) is 0 Å². The molecule has 0 saturated heterocycles. The minimum absolute atomic E-state index is 0.312. The molecule has 0 aromatic heterocycles. The fourth-order valence-corrected chi connectivity index (χ4v) is 2.60. The van der Waals surface area contributed by atoms with Crippen LogP contribution in [0.4, 0.5) is 0 Å². The lowest BCUT2D eigenvalue weighted by Crippen LogP contribution is -2.31. The van der Waals surface area contributed by atoms with Gasteiger partial charge in [-0.05, 0) is 24.1 Å². The summed E-state index contributed by atoms with van der Waals surface area (Å²) in [4.78, 5) is 30.5. The molecule has 0 fully saturated rings. The molecule has 4 nitrogen and oxygen atoms in total. The Labute approximate surface area is 129 Å². The predicted octanol–water partition coefficient (Wildman–Crippen LogP) is 3.76. The van der Waals surface area contributed by atoms with Crippen LogP contribution in [0.2, 0.25) is 0 Å². The average molecular weight is 295 g/mol. The van der Waals surface area contributed by atoms with E-state index in [0.717, 1.165) is 23.5 Å². The standard InChI is InChI=1S/C18H17NO3/c1-2-8-16(13-9-4-3-5-10-13)22-19-17(20)14-11-6-7-12-15(14)18(19)21/h3-7,9-12,16H,2,8H2,1H3. The maximum Gasteiger partial charge on any atom is 0.285 e. The molecule has 112 valence electrons. The Bertz CT molecular complexity index is 661. The largest absolute Gasteiger partial charge is 0.285 e. The van der Waals surface area contributed by atoms with Crippen LogP contribution in [-0.4, -0.2) is 16.9 Å². The molecule has 0 N–H and O–H groups in total. The van der Waals surface area contributed by atoms with Crippen LogP contribution >= 0.6 is 0 Å². The van der Waals surface area contributed by atoms with Gasteiger partial charge in [-0.15, -0.1) is 5.06 Å². The van der Waals surface area contributed by atoms with Gasteiger partial charge in [0.25, 0.3) is 11.8 Å². The fourth-order valence-electron chi connectivity index (χ4n) is 2.60. The maximum absolute atomic E-state index is 12.4. The van der Waals surface area contributed by atoms with Gasteiger partial charge in [-0.2, -0.15) is 0 Å². The topological polar surface area (TPSA) is 46.6 Å². The number of hydrogen-bond donors (Lipinski definition) is 0. The lowest BCUT2D eigenvalue weighted by atomic mass is 10.1. The van der Waals surface area contributed by atoms with Crippen LogP contribution < -0.4 is 0 Å². The highest BCUT2D eigenvalue weighted by atomic mass is 16.7. The van der Waals surface area contributed by atoms with E-state index in [1.54, 1.807) is 24.3 Å². The molecular weight excluding hydrogens is 278 g/mol. The van der Waals surface area contributed by atoms with E-state index < -0.39 is 11.8 Å². The van der Waals surface area contributed by atoms with Crippen LogP contribution in [0.5, 0.6) is 0 Å². The first-order valence-corrected chi connectivity index (χ1v) is 7.42. The van der Waals surface area contributed by atoms with Crippen molar-refractivity contribution in [1.82, 2.24) is 5.06 Å². The van der Waals surface area contributed by atoms with Crippen molar-refractivity contribution in [3.05, 3.63) is 71.3 Å². The van der Waals surface area contributed by atoms with Crippen LogP contribution in [0.15, 0.2) is 54.6 Å². The fraction of sp³-hybridized carbons (Fsp3) is 0.222. The second kappa shape index (κ2) is 6.12. The van der Waals surface area contributed by atoms with E-state index in [4.69, 9.17) is 4.84 Å². The third-order valence-corrected chi connectivity index (χ3v) is 3.71. The normalized spacial score (nSPS) is 15.0. The van der Waals surface area contributed by atoms with Crippen LogP contribution in [-0.2, 0) is 4.84 Å². The van der Waals surface area contributed by atoms with Crippen molar-refractivity contribution in [1.29, 1.82) is 0 Å². The molecule has 2 aromatic rings. The highest BCUT2D eigenvalue weighted by Crippen LogP contribution is 2.29. The molecule has 0 bridgehead atoms. The highest BCUT2D eigenvalue weighted by Gasteiger charge is 2.38. The predicted molar refractivity (Wildman–Crippen MR) is 82.1 cm³/mol. The number of imide groups is 1. The Hall–Kier alpha value is -2.46. The van der Waals surface area contributed by atoms with Crippen molar-refractivity contribution in [2.24, 2.45) is 0 Å². The maximum atomic E-state index is 12.4. The summed E-state index contributed by atoms with van der Waals surface area (Å²) in [5, 5.41) is 0.901. The van der Waals surface area contributed by atoms with Crippen LogP contribution in [0.25, 0.3) is 0 Å². The smallest absolute Gasteiger partial charge is 0.266 e. The Kier molecular flexibility index (Phi) is 4.02. The Morgan fingerprint density at radius 2 is 1.45 bits per heavy atom. The van der Waals surface area contributed by atoms with Gasteiger partial charge in [0.2, 0.25) is 0 Å². The third-order valence-electron chi connectivity index (χ3n) is 3.71. The molecule has 0 spiro atoms. The summed E-state index contributed by atoms with van der Waals surface area (Å²) < 4.78 is 0. The first kappa shape index (κ1) is 14.5. The van der Waals surface area contributed by atoms with Gasteiger partial charge < -0.3 is 0 Å². The summed E-state index contributed by atoms with van der Waals surface area (Å²) in [5.74, 6) is -0.782. The van der Waals surface area contributed by atoms with E-state index in [9.17, 15) is 9.59 Å². The molecule has 0 aliphatic carbocycles. The van der Waals surface area contributed by atoms with Crippen molar-refractivity contribution < 1.29 is 14.4 Å². The zero-order valence-electron chi connectivity index (χ0n) is 12.4. The van der Waals surface area contributed by atoms with Gasteiger partial charge in [0, 0.05) is 0 Å². The summed E-state index contributed by atoms with van der Waals surface area (Å²) in [6.45, 7) is 2.04. The molecule has 0 saturated carbocycles. The van der Waals surface area contributed by atoms with Gasteiger partial charge in [0.05, 0.1) is 11.1 Å². The summed E-state index contributed by atoms with van der Waals surface area (Å²) in [5.41, 5.74) is 1.76. The first-order chi connectivity index (χ1) is 10.7. The van der Waals surface area contributed by atoms with Crippen LogP contribution in [0.1, 0.15) is 52.1 Å². The molecule has 1 aliphatic rings. The Morgan fingerprint density at radius 1 is 0.909 bits per heavy atom. The Balaban J connectivity index is 1.86. The number of hydrogen-bond acceptors (Lipinski definition) is 3. The molecule has 2 amide bonds. The zero-order valence-corrected chi connectivity index (χ0v) is 12.4. The van der Waals surface area contributed by atoms with E-state index in [1.807, 2.05) is 37.3 Å². The van der Waals surface area contributed by atoms with E-state index in [-0.39, 0.29) is 6.10 Å². The van der Waals surface area contributed by atoms with E-state index in [1.165, 1.54) is 0 Å². The molecule has 2 aromatic carbocycles. The van der Waals surface area contributed by atoms with Gasteiger partial charge in [-0.25, -0.2) is 0 Å². The van der Waals surface area contributed by atoms with Gasteiger partial charge in [0.1, 0.15) is 6.10 Å². The number of amides is 2. The second-order valence-corrected chi connectivity index (χ2v) is 5.24. The molecule has 1 aliphatic heterocycles. The molecule has 1 atom stereocenters. The SMILES string of the molecule is CCCC(ON1C(=O)c2ccccc2C1=O)c1ccccc1. The lowest BCUT2D eigenvalue weighted by molar-refractivity contribution is -0.136. The highest BCUT2D eigenvalue weighted by molar-refractivity contribution is 6.20. The van der Waals surface area contributed by atoms with E-state index in [0.29, 0.717) is 11.1 Å². The van der Waals surface area contributed by atoms with Gasteiger partial charge in [0.15, 0.2) is 0 Å². The number of carbonyl (C=O) groups excluding carboxylic acids is 2. The summed E-state index contributed by atoms with van der Waals surface area (Å²) in [6, 6.07) is 16.4. The number of hydroxylamine groups is 2. The molecule has 1 heterocycles. The van der Waals surface area contributed by atoms with Crippen molar-refractivity contribution in [3.63, 3.8) is 0 Å². The van der Waals surface area contributed by atoms with Gasteiger partial charge in [-0.3, -0.25) is 14.4 Å². The van der Waals surface area contributed by atoms with Crippen molar-refractivity contribution in [3.8, 4) is 0 Å². The molecule has 3 rings (SSSR count). The quantitative estimate of drug-likeness (QED) is 0.789. The summed E-state index contributed by atoms with van der Waals surface area (Å²) >= 11 is 0. The summed E-state index contributed by atoms with van der Waals surface area (Å²) in [7, 11) is 0. The molecule has 0 radical (unpaired) electrons. The number of benzene rings is 2. The minimum Gasteiger partial charge on any atom is -0.266 e. The number of fused-ring (bicyclic) bond motifs is 1. The molecule has 22 heavy (non-hydrogen) atoms. The Morgan fingerprint density at radius 3 is 2.00 bits per heavy atom. The van der Waals surface area contributed by atoms with Gasteiger partial charge in [-0.1, -0.05) is 55.8 Å². The monoisotopic (exact) mass is 295 g/mol. The average Bonchev–Trinajstić information content (AvgIpc) is 2.80. The molecule has 1 unspecified atom stereocenters. The number of rotatable bonds is 5. The number of nitrogens with zero attached hydrogens (tertiary/aromatic N) is 1. The van der Waals surface area contributed by atoms with Crippen molar-refractivity contribution >= 4 is 11.8 Å². The lowest BCUT2D eigenvalue weighted by Gasteiger charge is -2.22. The zero-order chi connectivity index (χ0) is 15.5. The molecular formula is C18H17NO3. The minimum atomic E-state index is -0.391. The molecule has 4 heteroatoms. The third kappa shape index (κ3) is 2.53.